The molecule has 0 heteroatoms. The predicted octanol–water partition coefficient (Wildman–Crippen LogP) is 32.3. The molecule has 0 atom stereocenters. The van der Waals surface area contributed by atoms with E-state index in [0.29, 0.717) is 0 Å². The van der Waals surface area contributed by atoms with Gasteiger partial charge in [-0.05, 0) is 263 Å². The molecular formula is C129H90. The Morgan fingerprint density at radius 1 is 0.109 bits per heavy atom. The van der Waals surface area contributed by atoms with Crippen molar-refractivity contribution >= 4 is 0 Å². The minimum atomic E-state index is -0.349. The molecule has 0 saturated heterocycles. The maximum Gasteiger partial charge on any atom is 0.0725 e. The maximum atomic E-state index is 2.42. The number of hydrogen-bond donors (Lipinski definition) is 0. The molecule has 606 valence electrons. The average molecular weight is 1640 g/mol. The Balaban J connectivity index is 0.0000000931. The third-order valence-electron chi connectivity index (χ3n) is 29.8. The molecule has 0 amide bonds. The molecule has 0 saturated carbocycles. The molecule has 20 aromatic rings. The summed E-state index contributed by atoms with van der Waals surface area (Å²) in [6.07, 6.45) is 0. The van der Waals surface area contributed by atoms with Crippen LogP contribution in [-0.2, 0) is 21.7 Å². The molecule has 8 aliphatic rings. The lowest BCUT2D eigenvalue weighted by atomic mass is 9.66. The van der Waals surface area contributed by atoms with E-state index in [-0.39, 0.29) is 21.7 Å². The molecular weight excluding hydrogens is 1550 g/mol. The fraction of sp³-hybridized carbons (Fsp3) is 0.0698. The first-order chi connectivity index (χ1) is 63.6. The van der Waals surface area contributed by atoms with Gasteiger partial charge in [-0.3, -0.25) is 0 Å². The van der Waals surface area contributed by atoms with E-state index in [1.54, 1.807) is 0 Å². The van der Waals surface area contributed by atoms with Crippen LogP contribution in [0.5, 0.6) is 0 Å². The van der Waals surface area contributed by atoms with Crippen LogP contribution < -0.4 is 0 Å². The molecule has 0 nitrogen and oxygen atoms in total. The van der Waals surface area contributed by atoms with Gasteiger partial charge in [0.2, 0.25) is 0 Å². The Labute approximate surface area is 756 Å². The molecule has 20 aromatic carbocycles. The smallest absolute Gasteiger partial charge is 0.0619 e. The highest BCUT2D eigenvalue weighted by Crippen LogP contribution is 2.68. The largest absolute Gasteiger partial charge is 0.0725 e. The second-order valence-electron chi connectivity index (χ2n) is 36.4. The van der Waals surface area contributed by atoms with Gasteiger partial charge in [-0.2, -0.15) is 0 Å². The molecule has 0 fully saturated rings. The van der Waals surface area contributed by atoms with E-state index in [1.807, 2.05) is 0 Å². The lowest BCUT2D eigenvalue weighted by Gasteiger charge is -2.35. The van der Waals surface area contributed by atoms with Gasteiger partial charge in [0.1, 0.15) is 0 Å². The molecule has 8 aliphatic carbocycles. The van der Waals surface area contributed by atoms with Crippen molar-refractivity contribution in [2.75, 3.05) is 0 Å². The normalized spacial score (nSPS) is 14.0. The van der Waals surface area contributed by atoms with Crippen molar-refractivity contribution in [2.24, 2.45) is 0 Å². The lowest BCUT2D eigenvalue weighted by Crippen LogP contribution is -2.29. The van der Waals surface area contributed by atoms with E-state index >= 15 is 0 Å². The summed E-state index contributed by atoms with van der Waals surface area (Å²) in [5, 5.41) is 0. The molecule has 0 N–H and O–H groups in total. The topological polar surface area (TPSA) is 0 Å². The first-order valence-electron chi connectivity index (χ1n) is 45.6. The third kappa shape index (κ3) is 10.6. The lowest BCUT2D eigenvalue weighted by molar-refractivity contribution is 0.774. The van der Waals surface area contributed by atoms with Gasteiger partial charge in [-0.1, -0.05) is 477 Å². The van der Waals surface area contributed by atoms with Crippen molar-refractivity contribution in [3.8, 4) is 134 Å². The average Bonchev–Trinajstić information content (AvgIpc) is 1.53. The molecule has 28 rings (SSSR count). The van der Waals surface area contributed by atoms with Gasteiger partial charge >= 0.3 is 0 Å². The summed E-state index contributed by atoms with van der Waals surface area (Å²) in [6, 6.07) is 170. The van der Waals surface area contributed by atoms with Crippen molar-refractivity contribution in [3.05, 3.63) is 572 Å². The molecule has 0 bridgehead atoms. The zero-order valence-electron chi connectivity index (χ0n) is 72.8. The number of fused-ring (bicyclic) bond motifs is 48. The quantitative estimate of drug-likeness (QED) is 0.142. The minimum absolute atomic E-state index is 0.341. The van der Waals surface area contributed by atoms with Gasteiger partial charge in [0, 0.05) is 0 Å². The number of aryl methyl sites for hydroxylation is 5. The van der Waals surface area contributed by atoms with E-state index in [4.69, 9.17) is 0 Å². The van der Waals surface area contributed by atoms with Crippen LogP contribution in [0, 0.1) is 34.6 Å². The van der Waals surface area contributed by atoms with Crippen molar-refractivity contribution in [1.82, 2.24) is 0 Å². The zero-order valence-corrected chi connectivity index (χ0v) is 72.8. The molecule has 0 unspecified atom stereocenters. The fourth-order valence-electron chi connectivity index (χ4n) is 24.9. The van der Waals surface area contributed by atoms with Gasteiger partial charge in [0.05, 0.1) is 21.7 Å². The summed E-state index contributed by atoms with van der Waals surface area (Å²) in [7, 11) is 0. The molecule has 0 aliphatic heterocycles. The van der Waals surface area contributed by atoms with Crippen LogP contribution in [0.25, 0.3) is 134 Å². The Morgan fingerprint density at radius 2 is 0.271 bits per heavy atom. The number of hydrogen-bond acceptors (Lipinski definition) is 0. The van der Waals surface area contributed by atoms with Gasteiger partial charge in [0.15, 0.2) is 0 Å². The first-order valence-corrected chi connectivity index (χ1v) is 45.6. The Hall–Kier alpha value is -15.6. The maximum absolute atomic E-state index is 2.42. The Kier molecular flexibility index (Phi) is 17.2. The number of rotatable bonds is 0. The van der Waals surface area contributed by atoms with E-state index in [2.05, 4.69) is 490 Å². The van der Waals surface area contributed by atoms with Crippen molar-refractivity contribution in [3.63, 3.8) is 0 Å². The van der Waals surface area contributed by atoms with E-state index in [9.17, 15) is 0 Å². The monoisotopic (exact) mass is 1640 g/mol. The van der Waals surface area contributed by atoms with E-state index in [0.717, 1.165) is 0 Å². The summed E-state index contributed by atoms with van der Waals surface area (Å²) in [5.41, 5.74) is 59.2. The first kappa shape index (κ1) is 75.9. The second-order valence-corrected chi connectivity index (χ2v) is 36.4. The highest BCUT2D eigenvalue weighted by atomic mass is 14.6. The van der Waals surface area contributed by atoms with Gasteiger partial charge in [-0.15, -0.1) is 0 Å². The Bertz CT molecular complexity index is 7630. The molecule has 4 spiro atoms. The van der Waals surface area contributed by atoms with E-state index in [1.165, 1.54) is 250 Å². The van der Waals surface area contributed by atoms with Crippen LogP contribution in [-0.4, -0.2) is 0 Å². The van der Waals surface area contributed by atoms with Crippen LogP contribution in [0.3, 0.4) is 0 Å². The highest BCUT2D eigenvalue weighted by Gasteiger charge is 2.55. The van der Waals surface area contributed by atoms with Crippen molar-refractivity contribution in [1.29, 1.82) is 0 Å². The summed E-state index contributed by atoms with van der Waals surface area (Å²) in [5.74, 6) is 0. The van der Waals surface area contributed by atoms with E-state index < -0.39 is 0 Å². The number of benzene rings is 20. The van der Waals surface area contributed by atoms with Crippen LogP contribution in [0.2, 0.25) is 0 Å². The van der Waals surface area contributed by atoms with Gasteiger partial charge < -0.3 is 0 Å². The van der Waals surface area contributed by atoms with Gasteiger partial charge in [-0.25, -0.2) is 0 Å². The highest BCUT2D eigenvalue weighted by molar-refractivity contribution is 6.03. The zero-order chi connectivity index (χ0) is 86.0. The standard InChI is InChI=1S/C33H24.3C32H22/c1-21-15-17-31-27(19-21)28-20-22(2)16-18-32(28)33(31)29-13-7-5-11-25(29)23-9-3-4-10-24(23)26-12-6-8-14-30(26)33;1-21-11-10-20-30-31(21)26-16-6-9-19-29(26)32(30)27-17-7-4-14-24(27)22-12-2-3-13-23(22)25-15-5-8-18-28(25)32;1-21-18-19-31-27(20-21)26-14-6-9-17-30(26)32(31)28-15-7-4-12-24(28)22-10-2-3-11-23(22)25-13-5-8-16-29(25)32;1-21-18-19-27-26-14-6-9-17-30(26)32(31(27)20-21)28-15-7-4-12-24(28)22-10-2-3-11-23(22)25-13-5-8-16-29(25)32/h3-20H,1-2H3;3*2-20H,1H3. The molecule has 0 heterocycles. The summed E-state index contributed by atoms with van der Waals surface area (Å²) >= 11 is 0. The minimum Gasteiger partial charge on any atom is -0.0619 e. The van der Waals surface area contributed by atoms with Gasteiger partial charge in [0.25, 0.3) is 0 Å². The SMILES string of the molecule is Cc1ccc2c(c1)-c1cc(C)ccc1C21c2ccccc2-c2ccccc2-c2ccccc21.Cc1ccc2c(c1)-c1ccccc1C21c2ccccc2-c2ccccc2-c2ccccc21.Cc1ccc2c(c1)C1(c3ccccc3-c3ccccc3-c3ccccc31)c1ccccc1-2.Cc1cccc2c1-c1ccccc1C21c2ccccc2-c2ccccc2-c2ccccc21. The van der Waals surface area contributed by atoms with Crippen molar-refractivity contribution < 1.29 is 0 Å². The summed E-state index contributed by atoms with van der Waals surface area (Å²) in [6.45, 7) is 11.0. The summed E-state index contributed by atoms with van der Waals surface area (Å²) < 4.78 is 0. The third-order valence-corrected chi connectivity index (χ3v) is 29.8. The summed E-state index contributed by atoms with van der Waals surface area (Å²) in [4.78, 5) is 0. The molecule has 129 heavy (non-hydrogen) atoms. The molecule has 0 radical (unpaired) electrons. The molecule has 0 aromatic heterocycles. The van der Waals surface area contributed by atoms with Crippen LogP contribution in [0.4, 0.5) is 0 Å². The van der Waals surface area contributed by atoms with Crippen LogP contribution >= 0.6 is 0 Å². The Morgan fingerprint density at radius 3 is 0.543 bits per heavy atom. The predicted molar refractivity (Wildman–Crippen MR) is 536 cm³/mol. The van der Waals surface area contributed by atoms with Crippen molar-refractivity contribution in [2.45, 2.75) is 56.3 Å². The van der Waals surface area contributed by atoms with Crippen LogP contribution in [0.1, 0.15) is 117 Å². The fourth-order valence-corrected chi connectivity index (χ4v) is 24.9. The second kappa shape index (κ2) is 29.2. The van der Waals surface area contributed by atoms with Crippen LogP contribution in [0.15, 0.2) is 455 Å².